The van der Waals surface area contributed by atoms with Gasteiger partial charge in [0.05, 0.1) is 18.6 Å². The van der Waals surface area contributed by atoms with E-state index in [1.165, 1.54) is 13.2 Å². The maximum absolute atomic E-state index is 12.3. The molecule has 6 heteroatoms. The molecule has 1 unspecified atom stereocenters. The first-order valence-electron chi connectivity index (χ1n) is 6.14. The van der Waals surface area contributed by atoms with E-state index in [-0.39, 0.29) is 11.5 Å². The lowest BCUT2D eigenvalue weighted by atomic mass is 10.1. The first-order chi connectivity index (χ1) is 8.85. The number of methoxy groups -OCH3 is 1. The number of ether oxygens (including phenoxy) is 1. The number of aliphatic hydroxyl groups excluding tert-OH is 1. The van der Waals surface area contributed by atoms with Crippen molar-refractivity contribution in [2.75, 3.05) is 13.7 Å². The minimum absolute atomic E-state index is 0.182. The quantitative estimate of drug-likeness (QED) is 0.828. The van der Waals surface area contributed by atoms with Crippen LogP contribution >= 0.6 is 0 Å². The Morgan fingerprint density at radius 2 is 1.95 bits per heavy atom. The van der Waals surface area contributed by atoms with Gasteiger partial charge in [-0.05, 0) is 31.4 Å². The van der Waals surface area contributed by atoms with E-state index in [9.17, 15) is 8.42 Å². The summed E-state index contributed by atoms with van der Waals surface area (Å²) in [6.45, 7) is 5.18. The Morgan fingerprint density at radius 3 is 2.42 bits per heavy atom. The molecule has 0 saturated heterocycles. The smallest absolute Gasteiger partial charge is 0.241 e. The predicted octanol–water partition coefficient (Wildman–Crippen LogP) is 1.36. The molecule has 2 N–H and O–H groups in total. The van der Waals surface area contributed by atoms with E-state index >= 15 is 0 Å². The van der Waals surface area contributed by atoms with Gasteiger partial charge in [0.2, 0.25) is 10.0 Å². The van der Waals surface area contributed by atoms with Crippen LogP contribution < -0.4 is 9.46 Å². The number of hydrogen-bond donors (Lipinski definition) is 2. The van der Waals surface area contributed by atoms with Gasteiger partial charge in [0.15, 0.2) is 0 Å². The first kappa shape index (κ1) is 15.9. The molecule has 0 radical (unpaired) electrons. The third kappa shape index (κ3) is 3.68. The normalized spacial score (nSPS) is 13.3. The highest BCUT2D eigenvalue weighted by molar-refractivity contribution is 7.89. The van der Waals surface area contributed by atoms with Crippen molar-refractivity contribution >= 4 is 10.0 Å². The SMILES string of the molecule is CCC(CO)NS(=O)(=O)c1cc(OC)c(C)cc1C. The molecule has 108 valence electrons. The van der Waals surface area contributed by atoms with E-state index in [1.807, 2.05) is 13.8 Å². The Bertz CT molecular complexity index is 536. The van der Waals surface area contributed by atoms with Crippen LogP contribution in [0.3, 0.4) is 0 Å². The summed E-state index contributed by atoms with van der Waals surface area (Å²) < 4.78 is 32.2. The standard InChI is InChI=1S/C13H21NO4S/c1-5-11(8-15)14-19(16,17)13-7-12(18-4)9(2)6-10(13)3/h6-7,11,14-15H,5,8H2,1-4H3. The van der Waals surface area contributed by atoms with Gasteiger partial charge in [0, 0.05) is 12.1 Å². The number of hydrogen-bond acceptors (Lipinski definition) is 4. The molecule has 19 heavy (non-hydrogen) atoms. The predicted molar refractivity (Wildman–Crippen MR) is 74.0 cm³/mol. The van der Waals surface area contributed by atoms with Crippen molar-refractivity contribution in [3.8, 4) is 5.75 Å². The van der Waals surface area contributed by atoms with Crippen molar-refractivity contribution in [3.05, 3.63) is 23.3 Å². The van der Waals surface area contributed by atoms with Gasteiger partial charge < -0.3 is 9.84 Å². The van der Waals surface area contributed by atoms with Gasteiger partial charge in [0.25, 0.3) is 0 Å². The second-order valence-corrected chi connectivity index (χ2v) is 6.18. The molecule has 0 heterocycles. The lowest BCUT2D eigenvalue weighted by molar-refractivity contribution is 0.254. The monoisotopic (exact) mass is 287 g/mol. The third-order valence-corrected chi connectivity index (χ3v) is 4.68. The highest BCUT2D eigenvalue weighted by atomic mass is 32.2. The molecule has 0 amide bonds. The van der Waals surface area contributed by atoms with Crippen molar-refractivity contribution in [3.63, 3.8) is 0 Å². The zero-order chi connectivity index (χ0) is 14.6. The van der Waals surface area contributed by atoms with Crippen LogP contribution in [0.1, 0.15) is 24.5 Å². The zero-order valence-corrected chi connectivity index (χ0v) is 12.5. The summed E-state index contributed by atoms with van der Waals surface area (Å²) in [6, 6.07) is 2.81. The summed E-state index contributed by atoms with van der Waals surface area (Å²) in [4.78, 5) is 0.182. The van der Waals surface area contributed by atoms with Gasteiger partial charge in [-0.3, -0.25) is 0 Å². The summed E-state index contributed by atoms with van der Waals surface area (Å²) in [7, 11) is -2.15. The summed E-state index contributed by atoms with van der Waals surface area (Å²) in [5.41, 5.74) is 1.53. The van der Waals surface area contributed by atoms with Gasteiger partial charge in [0.1, 0.15) is 5.75 Å². The van der Waals surface area contributed by atoms with E-state index in [4.69, 9.17) is 9.84 Å². The summed E-state index contributed by atoms with van der Waals surface area (Å²) in [5, 5.41) is 9.10. The van der Waals surface area contributed by atoms with Crippen LogP contribution in [0.5, 0.6) is 5.75 Å². The molecule has 0 aliphatic carbocycles. The van der Waals surface area contributed by atoms with Crippen LogP contribution in [0.4, 0.5) is 0 Å². The zero-order valence-electron chi connectivity index (χ0n) is 11.7. The fourth-order valence-corrected chi connectivity index (χ4v) is 3.41. The van der Waals surface area contributed by atoms with Crippen LogP contribution in [0, 0.1) is 13.8 Å². The molecular weight excluding hydrogens is 266 g/mol. The lowest BCUT2D eigenvalue weighted by Gasteiger charge is -2.17. The van der Waals surface area contributed by atoms with E-state index in [0.29, 0.717) is 17.7 Å². The average molecular weight is 287 g/mol. The molecule has 0 fully saturated rings. The minimum atomic E-state index is -3.65. The average Bonchev–Trinajstić information content (AvgIpc) is 2.35. The van der Waals surface area contributed by atoms with Crippen molar-refractivity contribution in [1.29, 1.82) is 0 Å². The maximum Gasteiger partial charge on any atom is 0.241 e. The fraction of sp³-hybridized carbons (Fsp3) is 0.538. The van der Waals surface area contributed by atoms with Gasteiger partial charge in [-0.15, -0.1) is 0 Å². The molecule has 5 nitrogen and oxygen atoms in total. The highest BCUT2D eigenvalue weighted by Crippen LogP contribution is 2.25. The number of benzene rings is 1. The van der Waals surface area contributed by atoms with Crippen molar-refractivity contribution in [1.82, 2.24) is 4.72 Å². The largest absolute Gasteiger partial charge is 0.496 e. The van der Waals surface area contributed by atoms with Gasteiger partial charge in [-0.1, -0.05) is 13.0 Å². The Labute approximate surface area is 114 Å². The molecule has 0 saturated carbocycles. The Morgan fingerprint density at radius 1 is 1.32 bits per heavy atom. The maximum atomic E-state index is 12.3. The van der Waals surface area contributed by atoms with Crippen LogP contribution in [0.2, 0.25) is 0 Å². The molecular formula is C13H21NO4S. The molecule has 0 bridgehead atoms. The van der Waals surface area contributed by atoms with Gasteiger partial charge in [-0.2, -0.15) is 0 Å². The molecule has 1 atom stereocenters. The highest BCUT2D eigenvalue weighted by Gasteiger charge is 2.22. The first-order valence-corrected chi connectivity index (χ1v) is 7.62. The molecule has 1 aromatic rings. The molecule has 1 aromatic carbocycles. The molecule has 0 aromatic heterocycles. The number of rotatable bonds is 6. The number of aliphatic hydroxyl groups is 1. The molecule has 1 rings (SSSR count). The summed E-state index contributed by atoms with van der Waals surface area (Å²) in [5.74, 6) is 0.531. The van der Waals surface area contributed by atoms with Crippen molar-refractivity contribution in [2.45, 2.75) is 38.1 Å². The van der Waals surface area contributed by atoms with E-state index in [1.54, 1.807) is 13.0 Å². The second-order valence-electron chi connectivity index (χ2n) is 4.50. The Balaban J connectivity index is 3.21. The van der Waals surface area contributed by atoms with E-state index in [0.717, 1.165) is 5.56 Å². The van der Waals surface area contributed by atoms with Gasteiger partial charge >= 0.3 is 0 Å². The minimum Gasteiger partial charge on any atom is -0.496 e. The Kier molecular flexibility index (Phi) is 5.34. The topological polar surface area (TPSA) is 75.6 Å². The number of sulfonamides is 1. The lowest BCUT2D eigenvalue weighted by Crippen LogP contribution is -2.37. The Hall–Kier alpha value is -1.11. The fourth-order valence-electron chi connectivity index (χ4n) is 1.86. The summed E-state index contributed by atoms with van der Waals surface area (Å²) in [6.07, 6.45) is 0.526. The van der Waals surface area contributed by atoms with Gasteiger partial charge in [-0.25, -0.2) is 13.1 Å². The van der Waals surface area contributed by atoms with Crippen LogP contribution in [-0.2, 0) is 10.0 Å². The van der Waals surface area contributed by atoms with Crippen LogP contribution in [0.25, 0.3) is 0 Å². The summed E-state index contributed by atoms with van der Waals surface area (Å²) >= 11 is 0. The molecule has 0 spiro atoms. The number of aryl methyl sites for hydroxylation is 2. The number of nitrogens with one attached hydrogen (secondary N) is 1. The van der Waals surface area contributed by atoms with Crippen LogP contribution in [-0.4, -0.2) is 33.3 Å². The molecule has 0 aliphatic heterocycles. The van der Waals surface area contributed by atoms with Crippen molar-refractivity contribution < 1.29 is 18.3 Å². The second kappa shape index (κ2) is 6.36. The van der Waals surface area contributed by atoms with Crippen molar-refractivity contribution in [2.24, 2.45) is 0 Å². The third-order valence-electron chi connectivity index (χ3n) is 3.02. The molecule has 0 aliphatic rings. The van der Waals surface area contributed by atoms with E-state index < -0.39 is 16.1 Å². The van der Waals surface area contributed by atoms with E-state index in [2.05, 4.69) is 4.72 Å². The van der Waals surface area contributed by atoms with Crippen LogP contribution in [0.15, 0.2) is 17.0 Å².